The zero-order chi connectivity index (χ0) is 16.7. The molecule has 126 valence electrons. The Bertz CT molecular complexity index is 440. The Labute approximate surface area is 135 Å². The Morgan fingerprint density at radius 1 is 1.05 bits per heavy atom. The maximum atomic E-state index is 9.88. The van der Waals surface area contributed by atoms with E-state index in [0.717, 1.165) is 18.8 Å². The summed E-state index contributed by atoms with van der Waals surface area (Å²) in [7, 11) is 0. The van der Waals surface area contributed by atoms with E-state index in [1.54, 1.807) is 0 Å². The van der Waals surface area contributed by atoms with Crippen molar-refractivity contribution in [2.75, 3.05) is 6.61 Å². The van der Waals surface area contributed by atoms with Crippen LogP contribution in [0, 0.1) is 5.92 Å². The number of hydrogen-bond acceptors (Lipinski definition) is 3. The summed E-state index contributed by atoms with van der Waals surface area (Å²) in [6.07, 6.45) is 0.657. The van der Waals surface area contributed by atoms with Gasteiger partial charge in [-0.2, -0.15) is 0 Å². The fourth-order valence-corrected chi connectivity index (χ4v) is 2.37. The van der Waals surface area contributed by atoms with Crippen molar-refractivity contribution in [1.82, 2.24) is 0 Å². The highest BCUT2D eigenvalue weighted by atomic mass is 16.5. The van der Waals surface area contributed by atoms with E-state index in [2.05, 4.69) is 39.8 Å². The number of aryl methyl sites for hydroxylation is 1. The van der Waals surface area contributed by atoms with Gasteiger partial charge in [0.1, 0.15) is 5.75 Å². The molecule has 0 aliphatic carbocycles. The maximum absolute atomic E-state index is 9.88. The number of aliphatic hydroxyl groups is 2. The summed E-state index contributed by atoms with van der Waals surface area (Å²) in [6, 6.07) is 6.27. The van der Waals surface area contributed by atoms with Gasteiger partial charge in [-0.15, -0.1) is 0 Å². The van der Waals surface area contributed by atoms with Crippen LogP contribution in [0.4, 0.5) is 0 Å². The van der Waals surface area contributed by atoms with Crippen molar-refractivity contribution in [2.24, 2.45) is 5.92 Å². The van der Waals surface area contributed by atoms with E-state index in [1.807, 2.05) is 13.0 Å². The zero-order valence-corrected chi connectivity index (χ0v) is 14.7. The lowest BCUT2D eigenvalue weighted by atomic mass is 9.96. The molecule has 0 saturated heterocycles. The molecule has 0 bridgehead atoms. The molecule has 0 amide bonds. The topological polar surface area (TPSA) is 49.7 Å². The van der Waals surface area contributed by atoms with Crippen LogP contribution in [0.1, 0.15) is 64.5 Å². The van der Waals surface area contributed by atoms with Crippen LogP contribution in [0.5, 0.6) is 5.75 Å². The van der Waals surface area contributed by atoms with E-state index < -0.39 is 12.2 Å². The standard InChI is InChI=1S/C19H32O3/c1-6-17(20)18(21)9-7-15-8-10-19(22-12-13(2)3)16(11-15)14(4)5/h8,10-11,13-14,17-18,20-21H,6-7,9,12H2,1-5H3. The normalized spacial score (nSPS) is 14.4. The SMILES string of the molecule is CCC(O)C(O)CCc1ccc(OCC(C)C)c(C(C)C)c1. The van der Waals surface area contributed by atoms with Gasteiger partial charge in [0, 0.05) is 0 Å². The van der Waals surface area contributed by atoms with Gasteiger partial charge in [-0.1, -0.05) is 46.8 Å². The van der Waals surface area contributed by atoms with Crippen molar-refractivity contribution in [2.45, 2.75) is 72.0 Å². The molecule has 0 aliphatic rings. The lowest BCUT2D eigenvalue weighted by Crippen LogP contribution is -2.25. The quantitative estimate of drug-likeness (QED) is 0.727. The first-order valence-corrected chi connectivity index (χ1v) is 8.46. The highest BCUT2D eigenvalue weighted by molar-refractivity contribution is 5.39. The molecule has 2 atom stereocenters. The monoisotopic (exact) mass is 308 g/mol. The number of benzene rings is 1. The molecular weight excluding hydrogens is 276 g/mol. The number of hydrogen-bond donors (Lipinski definition) is 2. The van der Waals surface area contributed by atoms with Crippen LogP contribution >= 0.6 is 0 Å². The summed E-state index contributed by atoms with van der Waals surface area (Å²) < 4.78 is 5.91. The van der Waals surface area contributed by atoms with E-state index in [0.29, 0.717) is 24.7 Å². The maximum Gasteiger partial charge on any atom is 0.122 e. The summed E-state index contributed by atoms with van der Waals surface area (Å²) in [5.74, 6) is 1.86. The van der Waals surface area contributed by atoms with Crippen molar-refractivity contribution < 1.29 is 14.9 Å². The first-order chi connectivity index (χ1) is 10.3. The van der Waals surface area contributed by atoms with Gasteiger partial charge in [-0.05, 0) is 48.3 Å². The molecule has 0 saturated carbocycles. The van der Waals surface area contributed by atoms with Crippen molar-refractivity contribution in [1.29, 1.82) is 0 Å². The average molecular weight is 308 g/mol. The molecule has 3 nitrogen and oxygen atoms in total. The van der Waals surface area contributed by atoms with Crippen LogP contribution < -0.4 is 4.74 Å². The predicted octanol–water partition coefficient (Wildman–Crippen LogP) is 3.91. The molecular formula is C19H32O3. The zero-order valence-electron chi connectivity index (χ0n) is 14.7. The van der Waals surface area contributed by atoms with Crippen LogP contribution in [0.3, 0.4) is 0 Å². The molecule has 2 unspecified atom stereocenters. The van der Waals surface area contributed by atoms with Crippen molar-refractivity contribution >= 4 is 0 Å². The molecule has 0 aromatic heterocycles. The molecule has 0 aliphatic heterocycles. The number of rotatable bonds is 9. The van der Waals surface area contributed by atoms with Crippen molar-refractivity contribution in [3.8, 4) is 5.75 Å². The van der Waals surface area contributed by atoms with Crippen LogP contribution in [0.25, 0.3) is 0 Å². The third-order valence-electron chi connectivity index (χ3n) is 3.86. The summed E-state index contributed by atoms with van der Waals surface area (Å²) in [4.78, 5) is 0. The van der Waals surface area contributed by atoms with Gasteiger partial charge in [0.2, 0.25) is 0 Å². The van der Waals surface area contributed by atoms with E-state index in [1.165, 1.54) is 11.1 Å². The smallest absolute Gasteiger partial charge is 0.122 e. The van der Waals surface area contributed by atoms with Crippen LogP contribution in [-0.4, -0.2) is 29.0 Å². The lowest BCUT2D eigenvalue weighted by Gasteiger charge is -2.18. The Morgan fingerprint density at radius 2 is 1.73 bits per heavy atom. The van der Waals surface area contributed by atoms with Crippen LogP contribution in [-0.2, 0) is 6.42 Å². The largest absolute Gasteiger partial charge is 0.493 e. The minimum absolute atomic E-state index is 0.397. The Balaban J connectivity index is 2.75. The Morgan fingerprint density at radius 3 is 2.27 bits per heavy atom. The minimum atomic E-state index is -0.649. The first kappa shape index (κ1) is 19.0. The fraction of sp³-hybridized carbons (Fsp3) is 0.684. The highest BCUT2D eigenvalue weighted by Crippen LogP contribution is 2.28. The summed E-state index contributed by atoms with van der Waals surface area (Å²) in [5, 5.41) is 19.5. The van der Waals surface area contributed by atoms with Gasteiger partial charge in [0.25, 0.3) is 0 Å². The Hall–Kier alpha value is -1.06. The first-order valence-electron chi connectivity index (χ1n) is 8.46. The average Bonchev–Trinajstić information content (AvgIpc) is 2.49. The second-order valence-electron chi connectivity index (χ2n) is 6.81. The molecule has 1 aromatic rings. The van der Waals surface area contributed by atoms with Gasteiger partial charge in [-0.25, -0.2) is 0 Å². The second-order valence-corrected chi connectivity index (χ2v) is 6.81. The lowest BCUT2D eigenvalue weighted by molar-refractivity contribution is 0.0130. The van der Waals surface area contributed by atoms with E-state index in [-0.39, 0.29) is 0 Å². The predicted molar refractivity (Wildman–Crippen MR) is 91.5 cm³/mol. The second kappa shape index (κ2) is 9.16. The summed E-state index contributed by atoms with van der Waals surface area (Å²) in [5.41, 5.74) is 2.40. The van der Waals surface area contributed by atoms with Crippen LogP contribution in [0.2, 0.25) is 0 Å². The molecule has 3 heteroatoms. The van der Waals surface area contributed by atoms with Crippen molar-refractivity contribution in [3.05, 3.63) is 29.3 Å². The van der Waals surface area contributed by atoms with Gasteiger partial charge in [0.15, 0.2) is 0 Å². The van der Waals surface area contributed by atoms with E-state index in [9.17, 15) is 10.2 Å². The summed E-state index contributed by atoms with van der Waals surface area (Å²) >= 11 is 0. The van der Waals surface area contributed by atoms with Gasteiger partial charge < -0.3 is 14.9 Å². The van der Waals surface area contributed by atoms with Crippen molar-refractivity contribution in [3.63, 3.8) is 0 Å². The molecule has 0 radical (unpaired) electrons. The summed E-state index contributed by atoms with van der Waals surface area (Å²) in [6.45, 7) is 11.2. The fourth-order valence-electron chi connectivity index (χ4n) is 2.37. The number of aliphatic hydroxyl groups excluding tert-OH is 2. The Kier molecular flexibility index (Phi) is 7.91. The highest BCUT2D eigenvalue weighted by Gasteiger charge is 2.15. The molecule has 22 heavy (non-hydrogen) atoms. The molecule has 1 aromatic carbocycles. The van der Waals surface area contributed by atoms with E-state index in [4.69, 9.17) is 4.74 Å². The van der Waals surface area contributed by atoms with Gasteiger partial charge in [-0.3, -0.25) is 0 Å². The molecule has 0 fully saturated rings. The van der Waals surface area contributed by atoms with Gasteiger partial charge in [0.05, 0.1) is 18.8 Å². The third kappa shape index (κ3) is 5.98. The van der Waals surface area contributed by atoms with Crippen LogP contribution in [0.15, 0.2) is 18.2 Å². The molecule has 2 N–H and O–H groups in total. The van der Waals surface area contributed by atoms with Gasteiger partial charge >= 0.3 is 0 Å². The molecule has 0 heterocycles. The molecule has 0 spiro atoms. The third-order valence-corrected chi connectivity index (χ3v) is 3.86. The number of ether oxygens (including phenoxy) is 1. The minimum Gasteiger partial charge on any atom is -0.493 e. The van der Waals surface area contributed by atoms with E-state index >= 15 is 0 Å². The molecule has 1 rings (SSSR count).